The third-order valence-electron chi connectivity index (χ3n) is 4.03. The largest absolute Gasteiger partial charge is 0.307 e. The van der Waals surface area contributed by atoms with E-state index in [1.165, 1.54) is 5.56 Å². The van der Waals surface area contributed by atoms with E-state index in [2.05, 4.69) is 34.9 Å². The SMILES string of the molecule is Cc1ccc(C(=O)N(C)C[N+](C)(C)C(C)(C)C)cc1. The van der Waals surface area contributed by atoms with E-state index in [-0.39, 0.29) is 11.4 Å². The van der Waals surface area contributed by atoms with Crippen molar-refractivity contribution in [2.24, 2.45) is 0 Å². The van der Waals surface area contributed by atoms with Gasteiger partial charge in [-0.1, -0.05) is 17.7 Å². The quantitative estimate of drug-likeness (QED) is 0.606. The predicted molar refractivity (Wildman–Crippen MR) is 80.0 cm³/mol. The minimum Gasteiger partial charge on any atom is -0.307 e. The molecule has 0 aliphatic heterocycles. The molecule has 0 bridgehead atoms. The summed E-state index contributed by atoms with van der Waals surface area (Å²) in [5.74, 6) is 0.0791. The van der Waals surface area contributed by atoms with Crippen LogP contribution in [-0.4, -0.2) is 48.6 Å². The fraction of sp³-hybridized carbons (Fsp3) is 0.562. The normalized spacial score (nSPS) is 12.4. The van der Waals surface area contributed by atoms with E-state index in [4.69, 9.17) is 0 Å². The third kappa shape index (κ3) is 3.80. The first-order valence-electron chi connectivity index (χ1n) is 6.70. The molecule has 0 aliphatic carbocycles. The number of carbonyl (C=O) groups excluding carboxylic acids is 1. The number of carbonyl (C=O) groups is 1. The molecule has 1 aromatic rings. The number of hydrogen-bond acceptors (Lipinski definition) is 1. The van der Waals surface area contributed by atoms with Gasteiger partial charge < -0.3 is 4.48 Å². The second-order valence-corrected chi connectivity index (χ2v) is 6.87. The van der Waals surface area contributed by atoms with Crippen LogP contribution in [0.25, 0.3) is 0 Å². The van der Waals surface area contributed by atoms with Gasteiger partial charge in [-0.2, -0.15) is 0 Å². The summed E-state index contributed by atoms with van der Waals surface area (Å²) in [5.41, 5.74) is 2.02. The number of amides is 1. The van der Waals surface area contributed by atoms with Crippen molar-refractivity contribution in [3.8, 4) is 0 Å². The maximum Gasteiger partial charge on any atom is 0.257 e. The molecule has 0 atom stereocenters. The van der Waals surface area contributed by atoms with Gasteiger partial charge in [0.15, 0.2) is 6.67 Å². The first-order valence-corrected chi connectivity index (χ1v) is 6.70. The molecule has 0 saturated heterocycles. The Morgan fingerprint density at radius 3 is 2.05 bits per heavy atom. The van der Waals surface area contributed by atoms with Gasteiger partial charge in [0.2, 0.25) is 0 Å². The van der Waals surface area contributed by atoms with Gasteiger partial charge in [-0.15, -0.1) is 0 Å². The second kappa shape index (κ2) is 5.33. The van der Waals surface area contributed by atoms with Crippen LogP contribution in [0.4, 0.5) is 0 Å². The summed E-state index contributed by atoms with van der Waals surface area (Å²) in [4.78, 5) is 14.2. The zero-order valence-electron chi connectivity index (χ0n) is 13.3. The van der Waals surface area contributed by atoms with Crippen LogP contribution in [0.5, 0.6) is 0 Å². The van der Waals surface area contributed by atoms with E-state index in [0.29, 0.717) is 6.67 Å². The van der Waals surface area contributed by atoms with Gasteiger partial charge in [0.25, 0.3) is 5.91 Å². The van der Waals surface area contributed by atoms with Crippen LogP contribution in [0.2, 0.25) is 0 Å². The highest BCUT2D eigenvalue weighted by Gasteiger charge is 2.33. The summed E-state index contributed by atoms with van der Waals surface area (Å²) < 4.78 is 0.765. The highest BCUT2D eigenvalue weighted by atomic mass is 16.2. The lowest BCUT2D eigenvalue weighted by atomic mass is 10.0. The molecule has 19 heavy (non-hydrogen) atoms. The molecule has 0 saturated carbocycles. The van der Waals surface area contributed by atoms with Crippen molar-refractivity contribution in [3.63, 3.8) is 0 Å². The lowest BCUT2D eigenvalue weighted by Crippen LogP contribution is -2.59. The molecule has 0 unspecified atom stereocenters. The Hall–Kier alpha value is -1.35. The fourth-order valence-electron chi connectivity index (χ4n) is 1.72. The Kier molecular flexibility index (Phi) is 4.41. The van der Waals surface area contributed by atoms with Gasteiger partial charge in [-0.05, 0) is 39.8 Å². The maximum atomic E-state index is 12.4. The highest BCUT2D eigenvalue weighted by molar-refractivity contribution is 5.93. The Morgan fingerprint density at radius 1 is 1.16 bits per heavy atom. The number of aryl methyl sites for hydroxylation is 1. The van der Waals surface area contributed by atoms with Crippen LogP contribution in [0, 0.1) is 6.92 Å². The summed E-state index contributed by atoms with van der Waals surface area (Å²) in [6, 6.07) is 7.74. The summed E-state index contributed by atoms with van der Waals surface area (Å²) in [5, 5.41) is 0. The smallest absolute Gasteiger partial charge is 0.257 e. The minimum absolute atomic E-state index is 0.0791. The van der Waals surface area contributed by atoms with Crippen molar-refractivity contribution in [1.29, 1.82) is 0 Å². The number of nitrogens with zero attached hydrogens (tertiary/aromatic N) is 2. The van der Waals surface area contributed by atoms with Crippen molar-refractivity contribution in [1.82, 2.24) is 4.90 Å². The Balaban J connectivity index is 2.81. The second-order valence-electron chi connectivity index (χ2n) is 6.87. The molecule has 3 heteroatoms. The van der Waals surface area contributed by atoms with E-state index in [1.54, 1.807) is 4.90 Å². The van der Waals surface area contributed by atoms with Crippen LogP contribution in [0.3, 0.4) is 0 Å². The molecule has 0 N–H and O–H groups in total. The molecule has 106 valence electrons. The maximum absolute atomic E-state index is 12.4. The fourth-order valence-corrected chi connectivity index (χ4v) is 1.72. The number of benzene rings is 1. The molecule has 0 aliphatic rings. The van der Waals surface area contributed by atoms with Gasteiger partial charge in [0.1, 0.15) is 0 Å². The van der Waals surface area contributed by atoms with E-state index in [9.17, 15) is 4.79 Å². The minimum atomic E-state index is 0.0791. The molecule has 0 spiro atoms. The van der Waals surface area contributed by atoms with Gasteiger partial charge in [-0.25, -0.2) is 0 Å². The molecule has 0 fully saturated rings. The zero-order valence-corrected chi connectivity index (χ0v) is 13.3. The molecular weight excluding hydrogens is 236 g/mol. The molecule has 1 amide bonds. The number of hydrogen-bond donors (Lipinski definition) is 0. The van der Waals surface area contributed by atoms with Crippen molar-refractivity contribution < 1.29 is 9.28 Å². The van der Waals surface area contributed by atoms with E-state index in [0.717, 1.165) is 10.0 Å². The van der Waals surface area contributed by atoms with Crippen LogP contribution in [0.1, 0.15) is 36.7 Å². The number of rotatable bonds is 3. The Bertz CT molecular complexity index is 441. The molecule has 0 aromatic heterocycles. The first-order chi connectivity index (χ1) is 8.54. The summed E-state index contributed by atoms with van der Waals surface area (Å²) in [7, 11) is 6.17. The average Bonchev–Trinajstić information content (AvgIpc) is 2.27. The van der Waals surface area contributed by atoms with E-state index < -0.39 is 0 Å². The molecular formula is C16H27N2O+. The Labute approximate surface area is 117 Å². The summed E-state index contributed by atoms with van der Waals surface area (Å²) >= 11 is 0. The van der Waals surface area contributed by atoms with Crippen molar-refractivity contribution in [2.75, 3.05) is 27.8 Å². The number of quaternary nitrogens is 1. The zero-order chi connectivity index (χ0) is 14.8. The molecule has 0 heterocycles. The molecule has 1 aromatic carbocycles. The Morgan fingerprint density at radius 2 is 1.63 bits per heavy atom. The summed E-state index contributed by atoms with van der Waals surface area (Å²) in [6.07, 6.45) is 0. The average molecular weight is 263 g/mol. The standard InChI is InChI=1S/C16H27N2O/c1-13-8-10-14(11-9-13)15(19)17(5)12-18(6,7)16(2,3)4/h8-11H,12H2,1-7H3/q+1. The van der Waals surface area contributed by atoms with Crippen LogP contribution in [0.15, 0.2) is 24.3 Å². The van der Waals surface area contributed by atoms with Gasteiger partial charge in [0.05, 0.1) is 19.6 Å². The van der Waals surface area contributed by atoms with Crippen LogP contribution >= 0.6 is 0 Å². The van der Waals surface area contributed by atoms with Crippen molar-refractivity contribution >= 4 is 5.91 Å². The van der Waals surface area contributed by atoms with Gasteiger partial charge in [-0.3, -0.25) is 9.69 Å². The molecule has 1 rings (SSSR count). The van der Waals surface area contributed by atoms with E-state index in [1.807, 2.05) is 38.2 Å². The topological polar surface area (TPSA) is 20.3 Å². The summed E-state index contributed by atoms with van der Waals surface area (Å²) in [6.45, 7) is 9.29. The lowest BCUT2D eigenvalue weighted by Gasteiger charge is -2.44. The van der Waals surface area contributed by atoms with Crippen molar-refractivity contribution in [3.05, 3.63) is 35.4 Å². The van der Waals surface area contributed by atoms with E-state index >= 15 is 0 Å². The molecule has 0 radical (unpaired) electrons. The molecule has 3 nitrogen and oxygen atoms in total. The van der Waals surface area contributed by atoms with Gasteiger partial charge >= 0.3 is 0 Å². The lowest BCUT2D eigenvalue weighted by molar-refractivity contribution is -0.943. The van der Waals surface area contributed by atoms with Crippen LogP contribution < -0.4 is 0 Å². The predicted octanol–water partition coefficient (Wildman–Crippen LogP) is 2.90. The first kappa shape index (κ1) is 15.7. The van der Waals surface area contributed by atoms with Gasteiger partial charge in [0, 0.05) is 12.6 Å². The van der Waals surface area contributed by atoms with Crippen molar-refractivity contribution in [2.45, 2.75) is 33.2 Å². The monoisotopic (exact) mass is 263 g/mol. The highest BCUT2D eigenvalue weighted by Crippen LogP contribution is 2.20. The van der Waals surface area contributed by atoms with Crippen LogP contribution in [-0.2, 0) is 0 Å². The third-order valence-corrected chi connectivity index (χ3v) is 4.03.